The molecule has 1 aliphatic carbocycles. The Morgan fingerprint density at radius 3 is 2.52 bits per heavy atom. The third kappa shape index (κ3) is 5.81. The summed E-state index contributed by atoms with van der Waals surface area (Å²) in [5, 5.41) is 21.6. The van der Waals surface area contributed by atoms with Crippen molar-refractivity contribution in [3.8, 4) is 0 Å². The molecule has 2 N–H and O–H groups in total. The van der Waals surface area contributed by atoms with Crippen LogP contribution in [-0.2, 0) is 11.3 Å². The molecule has 140 valence electrons. The average molecular weight is 351 g/mol. The third-order valence-electron chi connectivity index (χ3n) is 4.81. The van der Waals surface area contributed by atoms with Crippen LogP contribution in [0.3, 0.4) is 0 Å². The zero-order valence-corrected chi connectivity index (χ0v) is 15.2. The van der Waals surface area contributed by atoms with Crippen LogP contribution in [-0.4, -0.2) is 39.7 Å². The number of nitrogens with one attached hydrogen (secondary N) is 2. The Bertz CT molecular complexity index is 591. The Kier molecular flexibility index (Phi) is 7.36. The predicted molar refractivity (Wildman–Crippen MR) is 95.5 cm³/mol. The van der Waals surface area contributed by atoms with Crippen molar-refractivity contribution in [2.24, 2.45) is 0 Å². The van der Waals surface area contributed by atoms with E-state index in [9.17, 15) is 14.9 Å². The Morgan fingerprint density at radius 1 is 1.24 bits per heavy atom. The Morgan fingerprint density at radius 2 is 1.92 bits per heavy atom. The highest BCUT2D eigenvalue weighted by atomic mass is 16.6. The van der Waals surface area contributed by atoms with Gasteiger partial charge in [-0.2, -0.15) is 5.10 Å². The summed E-state index contributed by atoms with van der Waals surface area (Å²) >= 11 is 0. The maximum Gasteiger partial charge on any atom is 0.312 e. The van der Waals surface area contributed by atoms with Gasteiger partial charge >= 0.3 is 5.69 Å². The van der Waals surface area contributed by atoms with Crippen molar-refractivity contribution in [2.45, 2.75) is 71.4 Å². The summed E-state index contributed by atoms with van der Waals surface area (Å²) in [6.07, 6.45) is 7.97. The van der Waals surface area contributed by atoms with Crippen LogP contribution in [0.25, 0.3) is 0 Å². The first-order valence-corrected chi connectivity index (χ1v) is 9.17. The molecule has 0 aliphatic heterocycles. The maximum absolute atomic E-state index is 11.9. The van der Waals surface area contributed by atoms with Crippen molar-refractivity contribution in [1.29, 1.82) is 0 Å². The average Bonchev–Trinajstić information content (AvgIpc) is 2.74. The van der Waals surface area contributed by atoms with Gasteiger partial charge < -0.3 is 10.6 Å². The van der Waals surface area contributed by atoms with E-state index >= 15 is 0 Å². The fourth-order valence-electron chi connectivity index (χ4n) is 3.43. The van der Waals surface area contributed by atoms with Gasteiger partial charge in [0.2, 0.25) is 5.91 Å². The first-order chi connectivity index (χ1) is 12.0. The lowest BCUT2D eigenvalue weighted by atomic mass is 10.1. The van der Waals surface area contributed by atoms with Crippen LogP contribution in [0.4, 0.5) is 5.69 Å². The van der Waals surface area contributed by atoms with Crippen molar-refractivity contribution in [3.05, 3.63) is 21.5 Å². The van der Waals surface area contributed by atoms with Gasteiger partial charge in [0, 0.05) is 25.6 Å². The van der Waals surface area contributed by atoms with E-state index < -0.39 is 4.92 Å². The predicted octanol–water partition coefficient (Wildman–Crippen LogP) is 2.23. The number of aromatic nitrogens is 2. The minimum Gasteiger partial charge on any atom is -0.355 e. The van der Waals surface area contributed by atoms with Crippen LogP contribution >= 0.6 is 0 Å². The second-order valence-electron chi connectivity index (χ2n) is 6.74. The molecule has 2 rings (SSSR count). The lowest BCUT2D eigenvalue weighted by Gasteiger charge is -2.16. The number of rotatable bonds is 8. The van der Waals surface area contributed by atoms with Crippen molar-refractivity contribution >= 4 is 11.6 Å². The highest BCUT2D eigenvalue weighted by Crippen LogP contribution is 2.21. The number of nitro groups is 1. The lowest BCUT2D eigenvalue weighted by molar-refractivity contribution is -0.386. The fraction of sp³-hybridized carbons (Fsp3) is 0.765. The molecule has 0 unspecified atom stereocenters. The van der Waals surface area contributed by atoms with E-state index in [1.165, 1.54) is 43.2 Å². The van der Waals surface area contributed by atoms with Crippen molar-refractivity contribution in [3.63, 3.8) is 0 Å². The van der Waals surface area contributed by atoms with Gasteiger partial charge in [-0.25, -0.2) is 0 Å². The van der Waals surface area contributed by atoms with Gasteiger partial charge in [-0.1, -0.05) is 25.7 Å². The summed E-state index contributed by atoms with van der Waals surface area (Å²) in [5.41, 5.74) is 0.911. The molecule has 0 atom stereocenters. The molecule has 1 saturated carbocycles. The third-order valence-corrected chi connectivity index (χ3v) is 4.81. The molecule has 0 spiro atoms. The Hall–Kier alpha value is -1.96. The van der Waals surface area contributed by atoms with Gasteiger partial charge in [-0.3, -0.25) is 19.6 Å². The van der Waals surface area contributed by atoms with Crippen molar-refractivity contribution < 1.29 is 9.72 Å². The van der Waals surface area contributed by atoms with Gasteiger partial charge in [-0.15, -0.1) is 0 Å². The molecule has 1 aromatic heterocycles. The highest BCUT2D eigenvalue weighted by Gasteiger charge is 2.21. The molecule has 1 amide bonds. The molecule has 25 heavy (non-hydrogen) atoms. The molecule has 1 fully saturated rings. The van der Waals surface area contributed by atoms with Crippen LogP contribution < -0.4 is 10.6 Å². The molecular weight excluding hydrogens is 322 g/mol. The van der Waals surface area contributed by atoms with Crippen LogP contribution in [0, 0.1) is 24.0 Å². The lowest BCUT2D eigenvalue weighted by Crippen LogP contribution is -2.37. The van der Waals surface area contributed by atoms with Gasteiger partial charge in [0.15, 0.2) is 0 Å². The van der Waals surface area contributed by atoms with Crippen LogP contribution in [0.5, 0.6) is 0 Å². The number of aryl methyl sites for hydroxylation is 2. The number of nitrogens with zero attached hydrogens (tertiary/aromatic N) is 3. The summed E-state index contributed by atoms with van der Waals surface area (Å²) in [5.74, 6) is -0.0575. The Labute approximate surface area is 148 Å². The molecule has 8 heteroatoms. The van der Waals surface area contributed by atoms with E-state index in [0.717, 1.165) is 6.54 Å². The van der Waals surface area contributed by atoms with Crippen LogP contribution in [0.2, 0.25) is 0 Å². The van der Waals surface area contributed by atoms with E-state index in [0.29, 0.717) is 30.5 Å². The first kappa shape index (κ1) is 19.4. The smallest absolute Gasteiger partial charge is 0.312 e. The monoisotopic (exact) mass is 351 g/mol. The number of hydrogen-bond acceptors (Lipinski definition) is 5. The molecule has 0 aromatic carbocycles. The molecule has 0 radical (unpaired) electrons. The van der Waals surface area contributed by atoms with E-state index in [1.54, 1.807) is 13.8 Å². The molecular formula is C17H29N5O3. The first-order valence-electron chi connectivity index (χ1n) is 9.17. The molecule has 1 heterocycles. The molecule has 8 nitrogen and oxygen atoms in total. The summed E-state index contributed by atoms with van der Waals surface area (Å²) in [6, 6.07) is 0.578. The summed E-state index contributed by atoms with van der Waals surface area (Å²) in [6.45, 7) is 5.00. The second kappa shape index (κ2) is 9.50. The summed E-state index contributed by atoms with van der Waals surface area (Å²) in [7, 11) is 0. The standard InChI is InChI=1S/C17H29N5O3/c1-13-17(22(24)25)14(2)21(20-13)12-9-16(23)19-11-10-18-15-7-5-3-4-6-8-15/h15,18H,3-12H2,1-2H3,(H,19,23). The van der Waals surface area contributed by atoms with Crippen LogP contribution in [0.1, 0.15) is 56.3 Å². The molecule has 1 aliphatic rings. The molecule has 0 saturated heterocycles. The van der Waals surface area contributed by atoms with E-state index in [2.05, 4.69) is 15.7 Å². The zero-order chi connectivity index (χ0) is 18.2. The fourth-order valence-corrected chi connectivity index (χ4v) is 3.43. The quantitative estimate of drug-likeness (QED) is 0.324. The maximum atomic E-state index is 11.9. The van der Waals surface area contributed by atoms with Crippen LogP contribution in [0.15, 0.2) is 0 Å². The normalized spacial score (nSPS) is 15.8. The number of amides is 1. The molecule has 1 aromatic rings. The zero-order valence-electron chi connectivity index (χ0n) is 15.2. The summed E-state index contributed by atoms with van der Waals surface area (Å²) in [4.78, 5) is 22.5. The minimum atomic E-state index is -0.423. The minimum absolute atomic E-state index is 0.0352. The summed E-state index contributed by atoms with van der Waals surface area (Å²) < 4.78 is 1.54. The van der Waals surface area contributed by atoms with Crippen molar-refractivity contribution in [2.75, 3.05) is 13.1 Å². The van der Waals surface area contributed by atoms with Gasteiger partial charge in [0.25, 0.3) is 0 Å². The SMILES string of the molecule is Cc1nn(CCC(=O)NCCNC2CCCCCC2)c(C)c1[N+](=O)[O-]. The number of hydrogen-bond donors (Lipinski definition) is 2. The van der Waals surface area contributed by atoms with Gasteiger partial charge in [0.05, 0.1) is 11.5 Å². The number of carbonyl (C=O) groups is 1. The van der Waals surface area contributed by atoms with Gasteiger partial charge in [-0.05, 0) is 26.7 Å². The van der Waals surface area contributed by atoms with E-state index in [-0.39, 0.29) is 18.0 Å². The number of carbonyl (C=O) groups excluding carboxylic acids is 1. The topological polar surface area (TPSA) is 102 Å². The Balaban J connectivity index is 1.67. The van der Waals surface area contributed by atoms with E-state index in [1.807, 2.05) is 0 Å². The molecule has 0 bridgehead atoms. The van der Waals surface area contributed by atoms with Gasteiger partial charge in [0.1, 0.15) is 11.4 Å². The largest absolute Gasteiger partial charge is 0.355 e. The second-order valence-corrected chi connectivity index (χ2v) is 6.74. The highest BCUT2D eigenvalue weighted by molar-refractivity contribution is 5.75. The van der Waals surface area contributed by atoms with Crippen molar-refractivity contribution in [1.82, 2.24) is 20.4 Å². The van der Waals surface area contributed by atoms with E-state index in [4.69, 9.17) is 0 Å².